The fourth-order valence-corrected chi connectivity index (χ4v) is 3.98. The minimum Gasteiger partial charge on any atom is -0.349 e. The van der Waals surface area contributed by atoms with Crippen molar-refractivity contribution >= 4 is 33.2 Å². The molecule has 4 rings (SSSR count). The van der Waals surface area contributed by atoms with E-state index >= 15 is 0 Å². The Labute approximate surface area is 173 Å². The van der Waals surface area contributed by atoms with Gasteiger partial charge < -0.3 is 5.32 Å². The van der Waals surface area contributed by atoms with Gasteiger partial charge in [-0.25, -0.2) is 13.4 Å². The van der Waals surface area contributed by atoms with E-state index in [2.05, 4.69) is 20.0 Å². The average molecular weight is 429 g/mol. The van der Waals surface area contributed by atoms with Gasteiger partial charge in [-0.3, -0.25) is 14.5 Å². The Hall–Kier alpha value is -2.97. The molecule has 1 aromatic carbocycles. The van der Waals surface area contributed by atoms with Crippen LogP contribution in [0.4, 0.5) is 5.69 Å². The SMILES string of the molecule is O=C(NC1CC1)c1cncc(-c2cnc(Cl)c(NS(=O)(=O)c3ccccc3)c2)c1. The van der Waals surface area contributed by atoms with Crippen LogP contribution in [0.2, 0.25) is 5.15 Å². The summed E-state index contributed by atoms with van der Waals surface area (Å²) in [5.74, 6) is -0.186. The van der Waals surface area contributed by atoms with E-state index in [-0.39, 0.29) is 27.7 Å². The van der Waals surface area contributed by atoms with Gasteiger partial charge in [0.1, 0.15) is 0 Å². The van der Waals surface area contributed by atoms with Gasteiger partial charge in [0.25, 0.3) is 15.9 Å². The zero-order chi connectivity index (χ0) is 20.4. The minimum atomic E-state index is -3.82. The molecule has 9 heteroatoms. The number of halogens is 1. The first-order chi connectivity index (χ1) is 13.9. The van der Waals surface area contributed by atoms with Crippen molar-refractivity contribution in [2.45, 2.75) is 23.8 Å². The van der Waals surface area contributed by atoms with Gasteiger partial charge in [0.05, 0.1) is 16.1 Å². The molecule has 148 valence electrons. The van der Waals surface area contributed by atoms with E-state index in [9.17, 15) is 13.2 Å². The Kier molecular flexibility index (Phi) is 5.21. The van der Waals surface area contributed by atoms with Crippen LogP contribution < -0.4 is 10.0 Å². The standard InChI is InChI=1S/C20H17ClN4O3S/c21-19-18(25-29(27,28)17-4-2-1-3-5-17)9-14(12-23-19)13-8-15(11-22-10-13)20(26)24-16-6-7-16/h1-5,8-12,16,25H,6-7H2,(H,24,26). The van der Waals surface area contributed by atoms with Gasteiger partial charge in [-0.05, 0) is 37.1 Å². The minimum absolute atomic E-state index is 0.0175. The zero-order valence-corrected chi connectivity index (χ0v) is 16.7. The normalized spacial score (nSPS) is 13.7. The number of pyridine rings is 2. The summed E-state index contributed by atoms with van der Waals surface area (Å²) in [4.78, 5) is 20.6. The first kappa shape index (κ1) is 19.4. The second-order valence-corrected chi connectivity index (χ2v) is 8.73. The van der Waals surface area contributed by atoms with Crippen molar-refractivity contribution in [2.75, 3.05) is 4.72 Å². The smallest absolute Gasteiger partial charge is 0.261 e. The molecule has 0 saturated heterocycles. The number of amides is 1. The Morgan fingerprint density at radius 1 is 1.03 bits per heavy atom. The quantitative estimate of drug-likeness (QED) is 0.585. The van der Waals surface area contributed by atoms with Crippen molar-refractivity contribution in [1.29, 1.82) is 0 Å². The number of carbonyl (C=O) groups excluding carboxylic acids is 1. The highest BCUT2D eigenvalue weighted by molar-refractivity contribution is 7.92. The van der Waals surface area contributed by atoms with Crippen molar-refractivity contribution in [3.8, 4) is 11.1 Å². The van der Waals surface area contributed by atoms with Crippen molar-refractivity contribution in [3.05, 3.63) is 71.8 Å². The van der Waals surface area contributed by atoms with Gasteiger partial charge in [-0.15, -0.1) is 0 Å². The molecule has 0 spiro atoms. The third kappa shape index (κ3) is 4.55. The lowest BCUT2D eigenvalue weighted by atomic mass is 10.1. The Balaban J connectivity index is 1.62. The predicted octanol–water partition coefficient (Wildman–Crippen LogP) is 3.49. The van der Waals surface area contributed by atoms with Crippen LogP contribution in [0, 0.1) is 0 Å². The summed E-state index contributed by atoms with van der Waals surface area (Å²) >= 11 is 6.11. The van der Waals surface area contributed by atoms with E-state index < -0.39 is 10.0 Å². The first-order valence-corrected chi connectivity index (χ1v) is 10.8. The average Bonchev–Trinajstić information content (AvgIpc) is 3.54. The maximum Gasteiger partial charge on any atom is 0.261 e. The fourth-order valence-electron chi connectivity index (χ4n) is 2.70. The van der Waals surface area contributed by atoms with Crippen LogP contribution in [0.3, 0.4) is 0 Å². The van der Waals surface area contributed by atoms with Gasteiger partial charge >= 0.3 is 0 Å². The van der Waals surface area contributed by atoms with E-state index in [4.69, 9.17) is 11.6 Å². The molecule has 0 unspecified atom stereocenters. The largest absolute Gasteiger partial charge is 0.349 e. The third-order valence-corrected chi connectivity index (χ3v) is 6.07. The number of sulfonamides is 1. The van der Waals surface area contributed by atoms with E-state index in [0.717, 1.165) is 12.8 Å². The number of hydrogen-bond donors (Lipinski definition) is 2. The van der Waals surface area contributed by atoms with Crippen molar-refractivity contribution < 1.29 is 13.2 Å². The molecule has 1 fully saturated rings. The molecule has 1 amide bonds. The van der Waals surface area contributed by atoms with Gasteiger partial charge in [0.15, 0.2) is 5.15 Å². The molecular formula is C20H17ClN4O3S. The third-order valence-electron chi connectivity index (χ3n) is 4.38. The molecule has 2 aromatic heterocycles. The molecular weight excluding hydrogens is 412 g/mol. The van der Waals surface area contributed by atoms with Crippen LogP contribution in [-0.2, 0) is 10.0 Å². The molecule has 2 N–H and O–H groups in total. The highest BCUT2D eigenvalue weighted by Gasteiger charge is 2.24. The molecule has 1 aliphatic carbocycles. The second-order valence-electron chi connectivity index (χ2n) is 6.69. The van der Waals surface area contributed by atoms with E-state index in [1.807, 2.05) is 0 Å². The number of benzene rings is 1. The number of anilines is 1. The van der Waals surface area contributed by atoms with E-state index in [1.165, 1.54) is 24.5 Å². The summed E-state index contributed by atoms with van der Waals surface area (Å²) < 4.78 is 27.6. The molecule has 3 aromatic rings. The van der Waals surface area contributed by atoms with Gasteiger partial charge in [0, 0.05) is 35.8 Å². The number of nitrogens with zero attached hydrogens (tertiary/aromatic N) is 2. The molecule has 0 bridgehead atoms. The fraction of sp³-hybridized carbons (Fsp3) is 0.150. The zero-order valence-electron chi connectivity index (χ0n) is 15.2. The van der Waals surface area contributed by atoms with Crippen LogP contribution in [0.5, 0.6) is 0 Å². The number of hydrogen-bond acceptors (Lipinski definition) is 5. The highest BCUT2D eigenvalue weighted by Crippen LogP contribution is 2.29. The Bertz CT molecular complexity index is 1170. The summed E-state index contributed by atoms with van der Waals surface area (Å²) in [5.41, 5.74) is 1.77. The lowest BCUT2D eigenvalue weighted by Gasteiger charge is -2.11. The molecule has 1 saturated carbocycles. The first-order valence-electron chi connectivity index (χ1n) is 8.92. The molecule has 0 radical (unpaired) electrons. The molecule has 2 heterocycles. The Morgan fingerprint density at radius 3 is 2.48 bits per heavy atom. The van der Waals surface area contributed by atoms with Crippen LogP contribution >= 0.6 is 11.6 Å². The maximum atomic E-state index is 12.6. The summed E-state index contributed by atoms with van der Waals surface area (Å²) in [7, 11) is -3.82. The summed E-state index contributed by atoms with van der Waals surface area (Å²) in [6.45, 7) is 0. The Morgan fingerprint density at radius 2 is 1.76 bits per heavy atom. The van der Waals surface area contributed by atoms with E-state index in [1.54, 1.807) is 36.5 Å². The molecule has 0 atom stereocenters. The number of carbonyl (C=O) groups is 1. The van der Waals surface area contributed by atoms with Crippen LogP contribution in [0.1, 0.15) is 23.2 Å². The molecule has 1 aliphatic rings. The van der Waals surface area contributed by atoms with Gasteiger partial charge in [0.2, 0.25) is 0 Å². The van der Waals surface area contributed by atoms with Crippen molar-refractivity contribution in [3.63, 3.8) is 0 Å². The highest BCUT2D eigenvalue weighted by atomic mass is 35.5. The maximum absolute atomic E-state index is 12.6. The van der Waals surface area contributed by atoms with Crippen molar-refractivity contribution in [2.24, 2.45) is 0 Å². The van der Waals surface area contributed by atoms with E-state index in [0.29, 0.717) is 16.7 Å². The molecule has 0 aliphatic heterocycles. The summed E-state index contributed by atoms with van der Waals surface area (Å²) in [5, 5.41) is 2.93. The predicted molar refractivity (Wildman–Crippen MR) is 110 cm³/mol. The van der Waals surface area contributed by atoms with Gasteiger partial charge in [-0.1, -0.05) is 29.8 Å². The number of aromatic nitrogens is 2. The molecule has 7 nitrogen and oxygen atoms in total. The summed E-state index contributed by atoms with van der Waals surface area (Å²) in [6.07, 6.45) is 6.55. The summed E-state index contributed by atoms with van der Waals surface area (Å²) in [6, 6.07) is 11.5. The number of nitrogens with one attached hydrogen (secondary N) is 2. The van der Waals surface area contributed by atoms with Gasteiger partial charge in [-0.2, -0.15) is 0 Å². The van der Waals surface area contributed by atoms with Crippen LogP contribution in [0.25, 0.3) is 11.1 Å². The molecule has 29 heavy (non-hydrogen) atoms. The second kappa shape index (κ2) is 7.81. The lowest BCUT2D eigenvalue weighted by Crippen LogP contribution is -2.25. The lowest BCUT2D eigenvalue weighted by molar-refractivity contribution is 0.0950. The van der Waals surface area contributed by atoms with Crippen LogP contribution in [-0.4, -0.2) is 30.3 Å². The monoisotopic (exact) mass is 428 g/mol. The van der Waals surface area contributed by atoms with Crippen LogP contribution in [0.15, 0.2) is 66.0 Å². The topological polar surface area (TPSA) is 101 Å². The van der Waals surface area contributed by atoms with Crippen molar-refractivity contribution in [1.82, 2.24) is 15.3 Å². The number of rotatable bonds is 6.